The number of carboxylic acid groups (broad SMARTS) is 14. The Morgan fingerprint density at radius 3 is 0.265 bits per heavy atom. The van der Waals surface area contributed by atoms with Gasteiger partial charge in [0.25, 0.3) is 0 Å². The fraction of sp³-hybridized carbons (Fsp3) is 0. The summed E-state index contributed by atoms with van der Waals surface area (Å²) in [7, 11) is 0. The molecule has 35 heteroatoms. The number of carbonyl (C=O) groups excluding carboxylic acids is 7. The summed E-state index contributed by atoms with van der Waals surface area (Å²) in [5.74, 6) is -28.1. The molecule has 0 saturated carbocycles. The van der Waals surface area contributed by atoms with E-state index in [0.29, 0.717) is 0 Å². The molecule has 7 N–H and O–H groups in total. The Morgan fingerprint density at radius 2 is 0.265 bits per heavy atom. The molecule has 0 aliphatic heterocycles. The first-order valence-electron chi connectivity index (χ1n) is 7.60. The van der Waals surface area contributed by atoms with E-state index >= 15 is 0 Å². The van der Waals surface area contributed by atoms with Crippen LogP contribution in [0.15, 0.2) is 0 Å². The van der Waals surface area contributed by atoms with Crippen LogP contribution in [0.4, 0.5) is 0 Å². The quantitative estimate of drug-likeness (QED) is 0.0885. The van der Waals surface area contributed by atoms with E-state index in [1.807, 2.05) is 0 Å². The summed E-state index contributed by atoms with van der Waals surface area (Å²) in [6, 6.07) is 0. The molecule has 0 unspecified atom stereocenters. The maximum atomic E-state index is 9.10. The van der Waals surface area contributed by atoms with Gasteiger partial charge >= 0.3 is 249 Å². The van der Waals surface area contributed by atoms with Crippen molar-refractivity contribution >= 4 is 83.6 Å². The van der Waals surface area contributed by atoms with Crippen molar-refractivity contribution in [3.05, 3.63) is 0 Å². The Morgan fingerprint density at radius 1 is 0.204 bits per heavy atom. The molecule has 0 spiro atoms. The molecule has 0 aliphatic carbocycles. The Kier molecular flexibility index (Phi) is 112. The van der Waals surface area contributed by atoms with Crippen LogP contribution in [0.2, 0.25) is 0 Å². The normalized spacial score (nSPS) is 6.29. The molecule has 0 aromatic carbocycles. The van der Waals surface area contributed by atoms with Crippen LogP contribution in [0.1, 0.15) is 0 Å². The molecular weight excluding hydrogens is 777 g/mol. The number of carbonyl (C=O) groups is 14. The minimum absolute atomic E-state index is 0. The van der Waals surface area contributed by atoms with E-state index in [1.54, 1.807) is 0 Å². The zero-order valence-corrected chi connectivity index (χ0v) is 39.7. The summed E-state index contributed by atoms with van der Waals surface area (Å²) in [6.07, 6.45) is 0. The first-order valence-corrected chi connectivity index (χ1v) is 7.60. The van der Waals surface area contributed by atoms with Crippen LogP contribution in [-0.2, 0) is 67.1 Å². The van der Waals surface area contributed by atoms with E-state index in [2.05, 4.69) is 0 Å². The molecule has 0 heterocycles. The molecule has 0 aromatic heterocycles. The smallest absolute Gasteiger partial charge is 0.543 e. The minimum Gasteiger partial charge on any atom is -0.543 e. The topological polar surface area (TPSA) is 542 Å². The number of hydrogen-bond acceptors (Lipinski definition) is 21. The van der Waals surface area contributed by atoms with Crippen molar-refractivity contribution in [3.63, 3.8) is 0 Å². The predicted molar refractivity (Wildman–Crippen MR) is 88.5 cm³/mol. The molecule has 238 valence electrons. The van der Waals surface area contributed by atoms with Gasteiger partial charge in [-0.15, -0.1) is 0 Å². The van der Waals surface area contributed by atoms with Crippen molar-refractivity contribution in [2.45, 2.75) is 0 Å². The molecule has 0 aliphatic rings. The summed E-state index contributed by atoms with van der Waals surface area (Å²) < 4.78 is 0. The third-order valence-electron chi connectivity index (χ3n) is 1.22. The molecule has 0 atom stereocenters. The van der Waals surface area contributed by atoms with E-state index in [0.717, 1.165) is 0 Å². The Hall–Kier alpha value is -0.420. The van der Waals surface area contributed by atoms with Gasteiger partial charge in [0.1, 0.15) is 0 Å². The fourth-order valence-corrected chi connectivity index (χ4v) is 0. The largest absolute Gasteiger partial charge is 1.00 e. The van der Waals surface area contributed by atoms with Crippen molar-refractivity contribution in [3.8, 4) is 0 Å². The second-order valence-electron chi connectivity index (χ2n) is 4.15. The molecule has 28 nitrogen and oxygen atoms in total. The van der Waals surface area contributed by atoms with Gasteiger partial charge in [0, 0.05) is 0 Å². The van der Waals surface area contributed by atoms with Crippen LogP contribution in [-0.4, -0.2) is 119 Å². The van der Waals surface area contributed by atoms with Crippen LogP contribution in [0, 0.1) is 0 Å². The van der Waals surface area contributed by atoms with Gasteiger partial charge in [0.2, 0.25) is 0 Å². The second-order valence-corrected chi connectivity index (χ2v) is 4.15. The summed E-state index contributed by atoms with van der Waals surface area (Å²) in [6.45, 7) is 0. The maximum Gasteiger partial charge on any atom is 1.00 e. The van der Waals surface area contributed by atoms with E-state index in [-0.39, 0.29) is 207 Å². The monoisotopic (exact) mass is 784 g/mol. The first-order chi connectivity index (χ1) is 18.5. The van der Waals surface area contributed by atoms with Crippen LogP contribution < -0.4 is 243 Å². The zero-order valence-electron chi connectivity index (χ0n) is 25.7. The third kappa shape index (κ3) is 130. The van der Waals surface area contributed by atoms with Gasteiger partial charge in [-0.1, -0.05) is 0 Å². The molecule has 0 bridgehead atoms. The van der Waals surface area contributed by atoms with Gasteiger partial charge in [0.05, 0.1) is 35.8 Å². The molecule has 0 radical (unpaired) electrons. The van der Waals surface area contributed by atoms with Crippen molar-refractivity contribution in [2.24, 2.45) is 0 Å². The van der Waals surface area contributed by atoms with Crippen molar-refractivity contribution in [1.82, 2.24) is 0 Å². The van der Waals surface area contributed by atoms with E-state index < -0.39 is 83.6 Å². The summed E-state index contributed by atoms with van der Waals surface area (Å²) >= 11 is 0. The molecule has 0 fully saturated rings. The van der Waals surface area contributed by atoms with Gasteiger partial charge in [-0.3, -0.25) is 0 Å². The summed E-state index contributed by atoms with van der Waals surface area (Å²) in [4.78, 5) is 126. The van der Waals surface area contributed by atoms with Crippen molar-refractivity contribution < 1.29 is 346 Å². The Bertz CT molecular complexity index is 766. The molecule has 0 saturated heterocycles. The molecule has 0 amide bonds. The predicted octanol–water partition coefficient (Wildman–Crippen LogP) is -36.2. The molecular formula is C14H7Na7O28. The van der Waals surface area contributed by atoms with Gasteiger partial charge in [0.15, 0.2) is 5.97 Å². The van der Waals surface area contributed by atoms with E-state index in [4.69, 9.17) is 139 Å². The van der Waals surface area contributed by atoms with E-state index in [9.17, 15) is 0 Å². The molecule has 0 aromatic rings. The van der Waals surface area contributed by atoms with Crippen molar-refractivity contribution in [1.29, 1.82) is 0 Å². The number of hydrogen-bond donors (Lipinski definition) is 7. The number of aliphatic carboxylic acids is 14. The zero-order chi connectivity index (χ0) is 36.1. The van der Waals surface area contributed by atoms with Gasteiger partial charge < -0.3 is 105 Å². The van der Waals surface area contributed by atoms with Gasteiger partial charge in [-0.05, 0) is 0 Å². The SMILES string of the molecule is O=C(O)C(=O)O.O=C(O)C(=O)O.O=C(O)C(=O)O.O=C([O-])C(=O)O.O=C([O-])C(=O)[O-].O=C([O-])C(=O)[O-].O=C([O-])C(=O)[O-].[Na+].[Na+].[Na+].[Na+].[Na+].[Na+].[Na+]. The molecule has 49 heavy (non-hydrogen) atoms. The summed E-state index contributed by atoms with van der Waals surface area (Å²) in [5, 5.41) is 114. The average molecular weight is 784 g/mol. The number of carboxylic acids is 14. The average Bonchev–Trinajstić information content (AvgIpc) is 2.80. The maximum absolute atomic E-state index is 9.10. The van der Waals surface area contributed by atoms with Crippen LogP contribution in [0.3, 0.4) is 0 Å². The fourth-order valence-electron chi connectivity index (χ4n) is 0. The van der Waals surface area contributed by atoms with Crippen LogP contribution in [0.5, 0.6) is 0 Å². The number of rotatable bonds is 0. The minimum atomic E-state index is -2.19. The van der Waals surface area contributed by atoms with Gasteiger partial charge in [-0.25, -0.2) is 33.6 Å². The van der Waals surface area contributed by atoms with E-state index in [1.165, 1.54) is 0 Å². The standard InChI is InChI=1S/7C2H2O4.7Na/c7*3-1(4)2(5)6;;;;;;;/h7*(H,3,4)(H,5,6);;;;;;;/q;;;;;;;7*+1/p-7. The van der Waals surface area contributed by atoms with Crippen molar-refractivity contribution in [2.75, 3.05) is 0 Å². The van der Waals surface area contributed by atoms with Crippen LogP contribution in [0.25, 0.3) is 0 Å². The van der Waals surface area contributed by atoms with Crippen LogP contribution >= 0.6 is 0 Å². The Labute approximate surface area is 422 Å². The van der Waals surface area contributed by atoms with Gasteiger partial charge in [-0.2, -0.15) is 0 Å². The third-order valence-corrected chi connectivity index (χ3v) is 1.22. The summed E-state index contributed by atoms with van der Waals surface area (Å²) in [5.41, 5.74) is 0. The molecule has 0 rings (SSSR count). The second kappa shape index (κ2) is 59.7. The first kappa shape index (κ1) is 92.0. The Balaban J connectivity index is -0.0000000237.